The topological polar surface area (TPSA) is 38.5 Å². The van der Waals surface area contributed by atoms with Gasteiger partial charge in [0.05, 0.1) is 17.3 Å². The largest absolute Gasteiger partial charge is 0.488 e. The van der Waals surface area contributed by atoms with Crippen LogP contribution in [0.15, 0.2) is 12.1 Å². The van der Waals surface area contributed by atoms with Gasteiger partial charge in [-0.25, -0.2) is 0 Å². The Balaban J connectivity index is 2.56. The molecule has 1 aliphatic rings. The number of nitrogens with zero attached hydrogens (tertiary/aromatic N) is 1. The average Bonchev–Trinajstić information content (AvgIpc) is 2.07. The molecule has 1 aliphatic heterocycles. The van der Waals surface area contributed by atoms with Crippen LogP contribution in [0.2, 0.25) is 5.02 Å². The maximum atomic E-state index is 5.98. The molecule has 0 saturated carbocycles. The highest BCUT2D eigenvalue weighted by Crippen LogP contribution is 2.39. The first-order valence-corrected chi connectivity index (χ1v) is 4.49. The number of anilines is 2. The van der Waals surface area contributed by atoms with Crippen molar-refractivity contribution in [2.45, 2.75) is 0 Å². The molecule has 1 heterocycles. The van der Waals surface area contributed by atoms with Gasteiger partial charge in [-0.05, 0) is 12.1 Å². The Morgan fingerprint density at radius 1 is 1.54 bits per heavy atom. The summed E-state index contributed by atoms with van der Waals surface area (Å²) >= 11 is 5.98. The van der Waals surface area contributed by atoms with Gasteiger partial charge < -0.3 is 15.4 Å². The molecule has 1 aromatic rings. The molecule has 0 atom stereocenters. The van der Waals surface area contributed by atoms with E-state index in [1.165, 1.54) is 0 Å². The zero-order valence-electron chi connectivity index (χ0n) is 7.38. The van der Waals surface area contributed by atoms with Gasteiger partial charge in [0.25, 0.3) is 0 Å². The molecule has 0 spiro atoms. The van der Waals surface area contributed by atoms with Crippen LogP contribution in [0.4, 0.5) is 11.4 Å². The first-order chi connectivity index (χ1) is 6.18. The van der Waals surface area contributed by atoms with Crippen molar-refractivity contribution in [3.8, 4) is 5.75 Å². The first-order valence-electron chi connectivity index (χ1n) is 4.11. The minimum absolute atomic E-state index is 0.585. The molecule has 2 rings (SSSR count). The van der Waals surface area contributed by atoms with Crippen LogP contribution >= 0.6 is 11.6 Å². The summed E-state index contributed by atoms with van der Waals surface area (Å²) < 4.78 is 5.45. The maximum absolute atomic E-state index is 5.98. The molecule has 70 valence electrons. The quantitative estimate of drug-likeness (QED) is 0.646. The number of ether oxygens (including phenoxy) is 1. The Kier molecular flexibility index (Phi) is 1.96. The summed E-state index contributed by atoms with van der Waals surface area (Å²) in [6.07, 6.45) is 0. The monoisotopic (exact) mass is 198 g/mol. The van der Waals surface area contributed by atoms with Gasteiger partial charge in [0.2, 0.25) is 0 Å². The molecule has 0 radical (unpaired) electrons. The van der Waals surface area contributed by atoms with Crippen molar-refractivity contribution in [2.75, 3.05) is 30.8 Å². The number of hydrogen-bond donors (Lipinski definition) is 1. The summed E-state index contributed by atoms with van der Waals surface area (Å²) in [5, 5.41) is 0.585. The Hall–Kier alpha value is -1.09. The number of nitrogen functional groups attached to an aromatic ring is 1. The van der Waals surface area contributed by atoms with Gasteiger partial charge in [-0.3, -0.25) is 0 Å². The molecule has 13 heavy (non-hydrogen) atoms. The van der Waals surface area contributed by atoms with E-state index in [2.05, 4.69) is 4.90 Å². The number of likely N-dealkylation sites (N-methyl/N-ethyl adjacent to an activating group) is 1. The lowest BCUT2D eigenvalue weighted by atomic mass is 10.2. The lowest BCUT2D eigenvalue weighted by Crippen LogP contribution is -2.29. The summed E-state index contributed by atoms with van der Waals surface area (Å²) in [5.41, 5.74) is 7.31. The smallest absolute Gasteiger partial charge is 0.161 e. The second kappa shape index (κ2) is 3.00. The molecule has 0 amide bonds. The van der Waals surface area contributed by atoms with Crippen LogP contribution in [-0.4, -0.2) is 20.2 Å². The number of hydrogen-bond acceptors (Lipinski definition) is 3. The summed E-state index contributed by atoms with van der Waals surface area (Å²) in [6.45, 7) is 1.54. The third kappa shape index (κ3) is 1.40. The Bertz CT molecular complexity index is 341. The van der Waals surface area contributed by atoms with Crippen molar-refractivity contribution in [3.05, 3.63) is 17.2 Å². The van der Waals surface area contributed by atoms with Crippen LogP contribution in [0, 0.1) is 0 Å². The fraction of sp³-hybridized carbons (Fsp3) is 0.333. The van der Waals surface area contributed by atoms with Gasteiger partial charge in [-0.1, -0.05) is 11.6 Å². The van der Waals surface area contributed by atoms with E-state index in [0.717, 1.165) is 18.0 Å². The Morgan fingerprint density at radius 3 is 3.08 bits per heavy atom. The molecule has 0 bridgehead atoms. The Morgan fingerprint density at radius 2 is 2.31 bits per heavy atom. The summed E-state index contributed by atoms with van der Waals surface area (Å²) in [5.74, 6) is 0.740. The highest BCUT2D eigenvalue weighted by Gasteiger charge is 2.18. The molecule has 0 saturated heterocycles. The van der Waals surface area contributed by atoms with E-state index in [1.54, 1.807) is 6.07 Å². The number of nitrogens with two attached hydrogens (primary N) is 1. The van der Waals surface area contributed by atoms with Crippen LogP contribution in [0.1, 0.15) is 0 Å². The third-order valence-corrected chi connectivity index (χ3v) is 2.41. The standard InChI is InChI=1S/C9H11ClN2O/c1-12-2-3-13-9-7(10)4-6(11)5-8(9)12/h4-5H,2-3,11H2,1H3. The number of halogens is 1. The van der Waals surface area contributed by atoms with Crippen molar-refractivity contribution in [2.24, 2.45) is 0 Å². The molecular formula is C9H11ClN2O. The molecule has 1 aromatic carbocycles. The number of rotatable bonds is 0. The van der Waals surface area contributed by atoms with Gasteiger partial charge in [-0.2, -0.15) is 0 Å². The fourth-order valence-electron chi connectivity index (χ4n) is 1.43. The summed E-state index contributed by atoms with van der Waals surface area (Å²) in [7, 11) is 2.00. The summed E-state index contributed by atoms with van der Waals surface area (Å²) in [6, 6.07) is 3.58. The Labute approximate surface area is 82.0 Å². The maximum Gasteiger partial charge on any atom is 0.161 e. The van der Waals surface area contributed by atoms with Crippen LogP contribution in [0.5, 0.6) is 5.75 Å². The minimum Gasteiger partial charge on any atom is -0.488 e. The lowest BCUT2D eigenvalue weighted by Gasteiger charge is -2.28. The summed E-state index contributed by atoms with van der Waals surface area (Å²) in [4.78, 5) is 2.08. The van der Waals surface area contributed by atoms with Gasteiger partial charge in [0.15, 0.2) is 5.75 Å². The van der Waals surface area contributed by atoms with Crippen molar-refractivity contribution >= 4 is 23.0 Å². The van der Waals surface area contributed by atoms with Gasteiger partial charge in [0, 0.05) is 12.7 Å². The molecule has 2 N–H and O–H groups in total. The van der Waals surface area contributed by atoms with Gasteiger partial charge in [-0.15, -0.1) is 0 Å². The van der Waals surface area contributed by atoms with E-state index >= 15 is 0 Å². The third-order valence-electron chi connectivity index (χ3n) is 2.13. The van der Waals surface area contributed by atoms with Crippen molar-refractivity contribution < 1.29 is 4.74 Å². The second-order valence-corrected chi connectivity index (χ2v) is 3.53. The average molecular weight is 199 g/mol. The van der Waals surface area contributed by atoms with Gasteiger partial charge >= 0.3 is 0 Å². The van der Waals surface area contributed by atoms with Crippen molar-refractivity contribution in [1.82, 2.24) is 0 Å². The van der Waals surface area contributed by atoms with Crippen LogP contribution in [0.25, 0.3) is 0 Å². The van der Waals surface area contributed by atoms with E-state index in [9.17, 15) is 0 Å². The lowest BCUT2D eigenvalue weighted by molar-refractivity contribution is 0.311. The minimum atomic E-state index is 0.585. The zero-order valence-corrected chi connectivity index (χ0v) is 8.14. The number of fused-ring (bicyclic) bond motifs is 1. The van der Waals surface area contributed by atoms with E-state index in [0.29, 0.717) is 17.3 Å². The van der Waals surface area contributed by atoms with Crippen LogP contribution in [0.3, 0.4) is 0 Å². The molecule has 0 unspecified atom stereocenters. The molecule has 0 aromatic heterocycles. The first kappa shape index (κ1) is 8.51. The predicted molar refractivity (Wildman–Crippen MR) is 54.6 cm³/mol. The highest BCUT2D eigenvalue weighted by atomic mass is 35.5. The SMILES string of the molecule is CN1CCOc2c(Cl)cc(N)cc21. The van der Waals surface area contributed by atoms with E-state index in [1.807, 2.05) is 13.1 Å². The molecule has 3 nitrogen and oxygen atoms in total. The zero-order chi connectivity index (χ0) is 9.42. The highest BCUT2D eigenvalue weighted by molar-refractivity contribution is 6.32. The van der Waals surface area contributed by atoms with Gasteiger partial charge in [0.1, 0.15) is 6.61 Å². The van der Waals surface area contributed by atoms with Crippen molar-refractivity contribution in [3.63, 3.8) is 0 Å². The molecular weight excluding hydrogens is 188 g/mol. The van der Waals surface area contributed by atoms with E-state index in [4.69, 9.17) is 22.1 Å². The number of benzene rings is 1. The molecule has 0 fully saturated rings. The van der Waals surface area contributed by atoms with Crippen molar-refractivity contribution in [1.29, 1.82) is 0 Å². The van der Waals surface area contributed by atoms with Crippen LogP contribution < -0.4 is 15.4 Å². The second-order valence-electron chi connectivity index (χ2n) is 3.12. The normalized spacial score (nSPS) is 15.1. The van der Waals surface area contributed by atoms with Crippen LogP contribution in [-0.2, 0) is 0 Å². The molecule has 0 aliphatic carbocycles. The van der Waals surface area contributed by atoms with E-state index < -0.39 is 0 Å². The predicted octanol–water partition coefficient (Wildman–Crippen LogP) is 1.75. The van der Waals surface area contributed by atoms with E-state index in [-0.39, 0.29) is 0 Å². The molecule has 4 heteroatoms. The fourth-order valence-corrected chi connectivity index (χ4v) is 1.71.